The fraction of sp³-hybridized carbons (Fsp3) is 0. The van der Waals surface area contributed by atoms with Crippen LogP contribution in [0, 0.1) is 0 Å². The Morgan fingerprint density at radius 1 is 0.259 bits per heavy atom. The van der Waals surface area contributed by atoms with Crippen molar-refractivity contribution in [3.63, 3.8) is 0 Å². The first-order valence-corrected chi connectivity index (χ1v) is 19.8. The lowest BCUT2D eigenvalue weighted by molar-refractivity contribution is 1.28. The third kappa shape index (κ3) is 5.92. The van der Waals surface area contributed by atoms with Gasteiger partial charge in [-0.1, -0.05) is 115 Å². The zero-order valence-electron chi connectivity index (χ0n) is 29.3. The van der Waals surface area contributed by atoms with Crippen LogP contribution in [0.4, 0.5) is 34.1 Å². The van der Waals surface area contributed by atoms with Crippen molar-refractivity contribution in [2.75, 3.05) is 9.80 Å². The number of rotatable bonds is 8. The fourth-order valence-corrected chi connectivity index (χ4v) is 10.1. The van der Waals surface area contributed by atoms with Crippen LogP contribution in [0.15, 0.2) is 206 Å². The zero-order chi connectivity index (χ0) is 35.8. The Morgan fingerprint density at radius 2 is 0.611 bits per heavy atom. The van der Waals surface area contributed by atoms with Gasteiger partial charge < -0.3 is 9.80 Å². The van der Waals surface area contributed by atoms with Gasteiger partial charge in [-0.05, 0) is 113 Å². The molecule has 0 atom stereocenters. The zero-order valence-corrected chi connectivity index (χ0v) is 31.0. The van der Waals surface area contributed by atoms with Gasteiger partial charge in [-0.2, -0.15) is 0 Å². The smallest absolute Gasteiger partial charge is 0.0542 e. The Bertz CT molecular complexity index is 2770. The van der Waals surface area contributed by atoms with Gasteiger partial charge >= 0.3 is 0 Å². The van der Waals surface area contributed by atoms with E-state index in [1.54, 1.807) is 0 Å². The van der Waals surface area contributed by atoms with Gasteiger partial charge in [0.2, 0.25) is 0 Å². The Balaban J connectivity index is 0.963. The van der Waals surface area contributed by atoms with E-state index in [2.05, 4.69) is 216 Å². The first-order chi connectivity index (χ1) is 26.8. The molecule has 0 fully saturated rings. The molecule has 0 saturated heterocycles. The number of thiophene rings is 2. The minimum absolute atomic E-state index is 1.13. The summed E-state index contributed by atoms with van der Waals surface area (Å²) in [6, 6.07) is 74.1. The molecular formula is C50H34N2S2. The topological polar surface area (TPSA) is 6.48 Å². The monoisotopic (exact) mass is 726 g/mol. The van der Waals surface area contributed by atoms with Gasteiger partial charge in [0.05, 0.1) is 9.40 Å². The normalized spacial score (nSPS) is 11.3. The van der Waals surface area contributed by atoms with E-state index < -0.39 is 0 Å². The maximum absolute atomic E-state index is 2.38. The van der Waals surface area contributed by atoms with Crippen molar-refractivity contribution in [3.8, 4) is 22.3 Å². The lowest BCUT2D eigenvalue weighted by Gasteiger charge is -2.25. The lowest BCUT2D eigenvalue weighted by Crippen LogP contribution is -2.09. The van der Waals surface area contributed by atoms with Crippen LogP contribution in [0.3, 0.4) is 0 Å². The fourth-order valence-electron chi connectivity index (χ4n) is 7.43. The van der Waals surface area contributed by atoms with E-state index in [1.807, 2.05) is 22.7 Å². The summed E-state index contributed by atoms with van der Waals surface area (Å²) in [5.41, 5.74) is 11.7. The quantitative estimate of drug-likeness (QED) is 0.154. The van der Waals surface area contributed by atoms with Crippen LogP contribution in [0.5, 0.6) is 0 Å². The second-order valence-electron chi connectivity index (χ2n) is 13.4. The highest BCUT2D eigenvalue weighted by Gasteiger charge is 2.16. The predicted octanol–water partition coefficient (Wildman–Crippen LogP) is 15.5. The first kappa shape index (κ1) is 32.2. The Kier molecular flexibility index (Phi) is 8.25. The molecule has 0 saturated carbocycles. The number of hydrogen-bond donors (Lipinski definition) is 0. The van der Waals surface area contributed by atoms with E-state index >= 15 is 0 Å². The molecule has 0 spiro atoms. The summed E-state index contributed by atoms with van der Waals surface area (Å²) < 4.78 is 5.41. The number of hydrogen-bond acceptors (Lipinski definition) is 4. The second kappa shape index (κ2) is 13.8. The Morgan fingerprint density at radius 3 is 1.07 bits per heavy atom. The summed E-state index contributed by atoms with van der Waals surface area (Å²) in [5, 5.41) is 2.67. The van der Waals surface area contributed by atoms with Crippen molar-refractivity contribution < 1.29 is 0 Å². The van der Waals surface area contributed by atoms with Crippen LogP contribution in [-0.2, 0) is 0 Å². The van der Waals surface area contributed by atoms with E-state index in [0.717, 1.165) is 34.1 Å². The first-order valence-electron chi connectivity index (χ1n) is 18.2. The molecular weight excluding hydrogens is 693 g/mol. The SMILES string of the molecule is c1ccc(N(c2ccccc2)c2ccc(-c3ccc4c(c3)sc3c5cc(-c6ccc(N(c7ccccc7)c7ccccc7)cc6)ccc5sc43)cc2)cc1. The molecule has 256 valence electrons. The van der Waals surface area contributed by atoms with Crippen LogP contribution >= 0.6 is 22.7 Å². The van der Waals surface area contributed by atoms with E-state index in [1.165, 1.54) is 51.8 Å². The van der Waals surface area contributed by atoms with Crippen molar-refractivity contribution in [1.29, 1.82) is 0 Å². The van der Waals surface area contributed by atoms with Gasteiger partial charge in [0, 0.05) is 54.3 Å². The summed E-state index contributed by atoms with van der Waals surface area (Å²) in [6.45, 7) is 0. The van der Waals surface area contributed by atoms with Crippen LogP contribution in [0.2, 0.25) is 0 Å². The molecule has 2 nitrogen and oxygen atoms in total. The number of benzene rings is 8. The average molecular weight is 727 g/mol. The average Bonchev–Trinajstić information content (AvgIpc) is 3.79. The van der Waals surface area contributed by atoms with Crippen molar-refractivity contribution in [1.82, 2.24) is 0 Å². The molecule has 2 heterocycles. The van der Waals surface area contributed by atoms with E-state index in [-0.39, 0.29) is 0 Å². The Hall–Kier alpha value is -6.46. The van der Waals surface area contributed by atoms with E-state index in [4.69, 9.17) is 0 Å². The minimum atomic E-state index is 1.13. The van der Waals surface area contributed by atoms with Crippen molar-refractivity contribution in [3.05, 3.63) is 206 Å². The Labute approximate surface area is 323 Å². The van der Waals surface area contributed by atoms with Crippen LogP contribution < -0.4 is 9.80 Å². The van der Waals surface area contributed by atoms with Crippen molar-refractivity contribution in [2.24, 2.45) is 0 Å². The molecule has 10 rings (SSSR count). The van der Waals surface area contributed by atoms with Gasteiger partial charge in [0.15, 0.2) is 0 Å². The van der Waals surface area contributed by atoms with Gasteiger partial charge in [-0.25, -0.2) is 0 Å². The molecule has 0 aliphatic rings. The minimum Gasteiger partial charge on any atom is -0.311 e. The maximum Gasteiger partial charge on any atom is 0.0542 e. The standard InChI is InChI=1S/C50H34N2S2/c1-5-13-39(14-6-1)51(40-15-7-2-8-16-40)43-27-21-35(22-28-43)37-26-32-47-46(33-37)50-49(53-47)45-31-25-38(34-48(45)54-50)36-23-29-44(30-24-36)52(41-17-9-3-10-18-41)42-19-11-4-12-20-42/h1-34H. The van der Waals surface area contributed by atoms with E-state index in [9.17, 15) is 0 Å². The summed E-state index contributed by atoms with van der Waals surface area (Å²) in [5.74, 6) is 0. The summed E-state index contributed by atoms with van der Waals surface area (Å²) in [4.78, 5) is 4.61. The molecule has 2 aromatic heterocycles. The highest BCUT2D eigenvalue weighted by atomic mass is 32.1. The predicted molar refractivity (Wildman–Crippen MR) is 235 cm³/mol. The highest BCUT2D eigenvalue weighted by Crippen LogP contribution is 2.46. The third-order valence-corrected chi connectivity index (χ3v) is 12.6. The summed E-state index contributed by atoms with van der Waals surface area (Å²) in [6.07, 6.45) is 0. The van der Waals surface area contributed by atoms with Gasteiger partial charge in [-0.3, -0.25) is 0 Å². The van der Waals surface area contributed by atoms with Crippen LogP contribution in [0.1, 0.15) is 0 Å². The van der Waals surface area contributed by atoms with Crippen LogP contribution in [-0.4, -0.2) is 0 Å². The molecule has 8 aromatic carbocycles. The molecule has 54 heavy (non-hydrogen) atoms. The maximum atomic E-state index is 2.38. The molecule has 0 amide bonds. The molecule has 0 bridgehead atoms. The number of nitrogens with zero attached hydrogens (tertiary/aromatic N) is 2. The molecule has 0 unspecified atom stereocenters. The number of anilines is 6. The van der Waals surface area contributed by atoms with Gasteiger partial charge in [0.1, 0.15) is 0 Å². The molecule has 10 aromatic rings. The second-order valence-corrected chi connectivity index (χ2v) is 15.5. The molecule has 0 aliphatic carbocycles. The summed E-state index contributed by atoms with van der Waals surface area (Å²) >= 11 is 3.81. The highest BCUT2D eigenvalue weighted by molar-refractivity contribution is 7.36. The molecule has 0 radical (unpaired) electrons. The largest absolute Gasteiger partial charge is 0.311 e. The van der Waals surface area contributed by atoms with Crippen molar-refractivity contribution in [2.45, 2.75) is 0 Å². The van der Waals surface area contributed by atoms with Gasteiger partial charge in [0.25, 0.3) is 0 Å². The third-order valence-electron chi connectivity index (χ3n) is 10.1. The lowest BCUT2D eigenvalue weighted by atomic mass is 10.0. The summed E-state index contributed by atoms with van der Waals surface area (Å²) in [7, 11) is 0. The molecule has 4 heteroatoms. The van der Waals surface area contributed by atoms with Gasteiger partial charge in [-0.15, -0.1) is 22.7 Å². The van der Waals surface area contributed by atoms with E-state index in [0.29, 0.717) is 0 Å². The molecule has 0 N–H and O–H groups in total. The van der Waals surface area contributed by atoms with Crippen LogP contribution in [0.25, 0.3) is 51.8 Å². The molecule has 0 aliphatic heterocycles. The number of fused-ring (bicyclic) bond motifs is 5. The number of para-hydroxylation sites is 4. The van der Waals surface area contributed by atoms with Crippen molar-refractivity contribution >= 4 is 86.4 Å².